The number of amides is 1. The van der Waals surface area contributed by atoms with Crippen molar-refractivity contribution in [1.82, 2.24) is 5.32 Å². The van der Waals surface area contributed by atoms with E-state index in [1.807, 2.05) is 0 Å². The van der Waals surface area contributed by atoms with Gasteiger partial charge >= 0.3 is 0 Å². The number of aryl methyl sites for hydroxylation is 1. The van der Waals surface area contributed by atoms with Gasteiger partial charge in [-0.3, -0.25) is 4.79 Å². The Labute approximate surface area is 108 Å². The quantitative estimate of drug-likeness (QED) is 0.647. The van der Waals surface area contributed by atoms with E-state index in [-0.39, 0.29) is 5.91 Å². The Kier molecular flexibility index (Phi) is 6.15. The fourth-order valence-corrected chi connectivity index (χ4v) is 1.59. The molecule has 1 aromatic carbocycles. The molecule has 0 saturated heterocycles. The Morgan fingerprint density at radius 1 is 1.41 bits per heavy atom. The number of hydrogen-bond acceptors (Lipinski definition) is 2. The second kappa shape index (κ2) is 7.40. The smallest absolute Gasteiger partial charge is 0.251 e. The van der Waals surface area contributed by atoms with Crippen molar-refractivity contribution in [1.29, 1.82) is 0 Å². The fourth-order valence-electron chi connectivity index (χ4n) is 1.36. The Balaban J connectivity index is 2.41. The van der Waals surface area contributed by atoms with Crippen molar-refractivity contribution in [2.75, 3.05) is 25.1 Å². The van der Waals surface area contributed by atoms with Crippen molar-refractivity contribution < 1.29 is 13.9 Å². The average molecular weight is 304 g/mol. The molecule has 0 aliphatic rings. The fraction of sp³-hybridized carbons (Fsp3) is 0.417. The maximum absolute atomic E-state index is 13.1. The normalized spacial score (nSPS) is 10.3. The van der Waals surface area contributed by atoms with Gasteiger partial charge in [0, 0.05) is 17.4 Å². The average Bonchev–Trinajstić information content (AvgIpc) is 2.27. The Morgan fingerprint density at radius 3 is 2.82 bits per heavy atom. The molecule has 94 valence electrons. The van der Waals surface area contributed by atoms with Gasteiger partial charge in [-0.25, -0.2) is 4.39 Å². The number of carbonyl (C=O) groups is 1. The van der Waals surface area contributed by atoms with E-state index < -0.39 is 5.82 Å². The minimum Gasteiger partial charge on any atom is -0.379 e. The van der Waals surface area contributed by atoms with Crippen LogP contribution in [0, 0.1) is 12.7 Å². The third kappa shape index (κ3) is 5.28. The molecule has 0 spiro atoms. The lowest BCUT2D eigenvalue weighted by atomic mass is 10.1. The summed E-state index contributed by atoms with van der Waals surface area (Å²) in [6.45, 7) is 3.22. The van der Waals surface area contributed by atoms with Crippen LogP contribution in [0.4, 0.5) is 4.39 Å². The number of benzene rings is 1. The molecule has 0 heterocycles. The lowest BCUT2D eigenvalue weighted by molar-refractivity contribution is 0.0923. The summed E-state index contributed by atoms with van der Waals surface area (Å²) in [5.41, 5.74) is 1.06. The van der Waals surface area contributed by atoms with Gasteiger partial charge in [-0.05, 0) is 30.7 Å². The number of hydrogen-bond donors (Lipinski definition) is 1. The summed E-state index contributed by atoms with van der Waals surface area (Å²) in [5.74, 6) is -0.680. The van der Waals surface area contributed by atoms with Gasteiger partial charge in [0.2, 0.25) is 0 Å². The molecule has 0 saturated carbocycles. The number of rotatable bonds is 6. The molecule has 0 unspecified atom stereocenters. The third-order valence-corrected chi connectivity index (χ3v) is 2.38. The van der Waals surface area contributed by atoms with Gasteiger partial charge < -0.3 is 10.1 Å². The molecule has 3 nitrogen and oxygen atoms in total. The molecule has 0 bridgehead atoms. The van der Waals surface area contributed by atoms with Gasteiger partial charge in [-0.1, -0.05) is 15.9 Å². The summed E-state index contributed by atoms with van der Waals surface area (Å²) in [4.78, 5) is 11.6. The van der Waals surface area contributed by atoms with Crippen molar-refractivity contribution in [3.63, 3.8) is 0 Å². The highest BCUT2D eigenvalue weighted by molar-refractivity contribution is 9.09. The molecule has 5 heteroatoms. The first kappa shape index (κ1) is 14.1. The zero-order valence-electron chi connectivity index (χ0n) is 9.63. The molecular formula is C12H15BrFNO2. The van der Waals surface area contributed by atoms with E-state index in [4.69, 9.17) is 4.74 Å². The minimum atomic E-state index is -0.398. The molecule has 0 aromatic heterocycles. The van der Waals surface area contributed by atoms with Crippen LogP contribution in [-0.2, 0) is 4.74 Å². The Bertz CT molecular complexity index is 365. The van der Waals surface area contributed by atoms with Gasteiger partial charge in [0.15, 0.2) is 0 Å². The second-order valence-corrected chi connectivity index (χ2v) is 4.37. The van der Waals surface area contributed by atoms with Crippen LogP contribution in [-0.4, -0.2) is 31.0 Å². The first-order valence-corrected chi connectivity index (χ1v) is 6.44. The summed E-state index contributed by atoms with van der Waals surface area (Å²) in [7, 11) is 0. The van der Waals surface area contributed by atoms with Gasteiger partial charge in [0.1, 0.15) is 5.82 Å². The van der Waals surface area contributed by atoms with Crippen LogP contribution in [0.1, 0.15) is 15.9 Å². The third-order valence-electron chi connectivity index (χ3n) is 2.06. The standard InChI is InChI=1S/C12H15BrFNO2/c1-9-6-10(8-11(14)7-9)12(16)15-3-5-17-4-2-13/h6-8H,2-5H2,1H3,(H,15,16). The van der Waals surface area contributed by atoms with E-state index in [9.17, 15) is 9.18 Å². The van der Waals surface area contributed by atoms with E-state index in [0.29, 0.717) is 25.3 Å². The molecule has 17 heavy (non-hydrogen) atoms. The predicted octanol–water partition coefficient (Wildman–Crippen LogP) is 2.28. The minimum absolute atomic E-state index is 0.282. The first-order chi connectivity index (χ1) is 8.13. The van der Waals surface area contributed by atoms with Gasteiger partial charge in [0.25, 0.3) is 5.91 Å². The Morgan fingerprint density at radius 2 is 2.18 bits per heavy atom. The van der Waals surface area contributed by atoms with Crippen LogP contribution >= 0.6 is 15.9 Å². The molecule has 0 aliphatic carbocycles. The molecule has 1 aromatic rings. The highest BCUT2D eigenvalue weighted by atomic mass is 79.9. The van der Waals surface area contributed by atoms with Crippen molar-refractivity contribution in [3.8, 4) is 0 Å². The summed E-state index contributed by atoms with van der Waals surface area (Å²) in [6.07, 6.45) is 0. The largest absolute Gasteiger partial charge is 0.379 e. The van der Waals surface area contributed by atoms with Crippen LogP contribution in [0.2, 0.25) is 0 Å². The van der Waals surface area contributed by atoms with Crippen molar-refractivity contribution in [3.05, 3.63) is 35.1 Å². The summed E-state index contributed by atoms with van der Waals surface area (Å²) >= 11 is 3.23. The van der Waals surface area contributed by atoms with Crippen molar-refractivity contribution in [2.45, 2.75) is 6.92 Å². The van der Waals surface area contributed by atoms with Crippen LogP contribution in [0.25, 0.3) is 0 Å². The lowest BCUT2D eigenvalue weighted by Gasteiger charge is -2.06. The lowest BCUT2D eigenvalue weighted by Crippen LogP contribution is -2.27. The highest BCUT2D eigenvalue weighted by Crippen LogP contribution is 2.07. The SMILES string of the molecule is Cc1cc(F)cc(C(=O)NCCOCCBr)c1. The maximum Gasteiger partial charge on any atom is 0.251 e. The molecule has 0 aliphatic heterocycles. The summed E-state index contributed by atoms with van der Waals surface area (Å²) < 4.78 is 18.2. The number of alkyl halides is 1. The number of halogens is 2. The molecule has 0 fully saturated rings. The predicted molar refractivity (Wildman–Crippen MR) is 68.1 cm³/mol. The van der Waals surface area contributed by atoms with Crippen LogP contribution in [0.3, 0.4) is 0 Å². The maximum atomic E-state index is 13.1. The molecule has 0 atom stereocenters. The first-order valence-electron chi connectivity index (χ1n) is 5.32. The molecule has 0 radical (unpaired) electrons. The molecular weight excluding hydrogens is 289 g/mol. The van der Waals surface area contributed by atoms with E-state index in [0.717, 1.165) is 10.9 Å². The summed E-state index contributed by atoms with van der Waals surface area (Å²) in [6, 6.07) is 4.26. The van der Waals surface area contributed by atoms with Gasteiger partial charge in [-0.2, -0.15) is 0 Å². The van der Waals surface area contributed by atoms with E-state index in [1.165, 1.54) is 12.1 Å². The second-order valence-electron chi connectivity index (χ2n) is 3.57. The van der Waals surface area contributed by atoms with Crippen LogP contribution in [0.5, 0.6) is 0 Å². The van der Waals surface area contributed by atoms with Crippen LogP contribution < -0.4 is 5.32 Å². The van der Waals surface area contributed by atoms with Crippen LogP contribution in [0.15, 0.2) is 18.2 Å². The zero-order chi connectivity index (χ0) is 12.7. The molecule has 1 rings (SSSR count). The van der Waals surface area contributed by atoms with E-state index in [1.54, 1.807) is 13.0 Å². The van der Waals surface area contributed by atoms with Gasteiger partial charge in [-0.15, -0.1) is 0 Å². The molecule has 1 amide bonds. The zero-order valence-corrected chi connectivity index (χ0v) is 11.2. The highest BCUT2D eigenvalue weighted by Gasteiger charge is 2.06. The topological polar surface area (TPSA) is 38.3 Å². The van der Waals surface area contributed by atoms with E-state index >= 15 is 0 Å². The van der Waals surface area contributed by atoms with Crippen molar-refractivity contribution in [2.24, 2.45) is 0 Å². The number of carbonyl (C=O) groups excluding carboxylic acids is 1. The summed E-state index contributed by atoms with van der Waals surface area (Å²) in [5, 5.41) is 3.43. The number of nitrogens with one attached hydrogen (secondary N) is 1. The monoisotopic (exact) mass is 303 g/mol. The van der Waals surface area contributed by atoms with Crippen molar-refractivity contribution >= 4 is 21.8 Å². The Hall–Kier alpha value is -0.940. The van der Waals surface area contributed by atoms with E-state index in [2.05, 4.69) is 21.2 Å². The number of ether oxygens (including phenoxy) is 1. The molecule has 1 N–H and O–H groups in total. The van der Waals surface area contributed by atoms with Gasteiger partial charge in [0.05, 0.1) is 13.2 Å².